The zero-order valence-corrected chi connectivity index (χ0v) is 12.3. The lowest BCUT2D eigenvalue weighted by atomic mass is 10.1. The summed E-state index contributed by atoms with van der Waals surface area (Å²) in [5.41, 5.74) is 1.92. The van der Waals surface area contributed by atoms with Gasteiger partial charge in [0.05, 0.1) is 32.0 Å². The summed E-state index contributed by atoms with van der Waals surface area (Å²) < 4.78 is 10.3. The maximum absolute atomic E-state index is 12.2. The lowest BCUT2D eigenvalue weighted by Crippen LogP contribution is -2.29. The number of ether oxygens (including phenoxy) is 2. The van der Waals surface area contributed by atoms with Gasteiger partial charge in [-0.05, 0) is 29.8 Å². The molecule has 0 aliphatic carbocycles. The number of benzene rings is 2. The van der Waals surface area contributed by atoms with Gasteiger partial charge >= 0.3 is 0 Å². The fourth-order valence-electron chi connectivity index (χ4n) is 2.47. The second kappa shape index (κ2) is 5.52. The lowest BCUT2D eigenvalue weighted by Gasteiger charge is -2.17. The van der Waals surface area contributed by atoms with Gasteiger partial charge in [0.1, 0.15) is 11.5 Å². The van der Waals surface area contributed by atoms with E-state index in [1.54, 1.807) is 32.4 Å². The summed E-state index contributed by atoms with van der Waals surface area (Å²) in [7, 11) is 3.15. The first-order chi connectivity index (χ1) is 10.6. The van der Waals surface area contributed by atoms with Gasteiger partial charge in [0.2, 0.25) is 0 Å². The van der Waals surface area contributed by atoms with E-state index in [4.69, 9.17) is 9.47 Å². The highest BCUT2D eigenvalue weighted by molar-refractivity contribution is 6.52. The average Bonchev–Trinajstić information content (AvgIpc) is 2.80. The molecule has 0 atom stereocenters. The van der Waals surface area contributed by atoms with E-state index in [0.29, 0.717) is 23.5 Å². The maximum atomic E-state index is 12.2. The van der Waals surface area contributed by atoms with Gasteiger partial charge < -0.3 is 14.4 Å². The number of methoxy groups -OCH3 is 2. The molecule has 0 unspecified atom stereocenters. The third-order valence-electron chi connectivity index (χ3n) is 3.68. The van der Waals surface area contributed by atoms with Crippen LogP contribution in [-0.2, 0) is 11.3 Å². The van der Waals surface area contributed by atoms with Crippen LogP contribution in [0.25, 0.3) is 0 Å². The van der Waals surface area contributed by atoms with Crippen molar-refractivity contribution < 1.29 is 19.1 Å². The highest BCUT2D eigenvalue weighted by Crippen LogP contribution is 2.33. The summed E-state index contributed by atoms with van der Waals surface area (Å²) in [4.78, 5) is 25.7. The summed E-state index contributed by atoms with van der Waals surface area (Å²) >= 11 is 0. The van der Waals surface area contributed by atoms with Crippen molar-refractivity contribution in [3.05, 3.63) is 53.6 Å². The van der Waals surface area contributed by atoms with Crippen molar-refractivity contribution in [1.82, 2.24) is 0 Å². The zero-order valence-electron chi connectivity index (χ0n) is 12.3. The predicted octanol–water partition coefficient (Wildman–Crippen LogP) is 2.43. The first-order valence-electron chi connectivity index (χ1n) is 6.81. The molecule has 0 bridgehead atoms. The molecular weight excluding hydrogens is 282 g/mol. The van der Waals surface area contributed by atoms with Crippen molar-refractivity contribution in [3.63, 3.8) is 0 Å². The Hall–Kier alpha value is -2.82. The van der Waals surface area contributed by atoms with Crippen LogP contribution in [0, 0.1) is 0 Å². The lowest BCUT2D eigenvalue weighted by molar-refractivity contribution is -0.114. The molecule has 0 saturated carbocycles. The molecule has 112 valence electrons. The van der Waals surface area contributed by atoms with E-state index in [0.717, 1.165) is 11.3 Å². The summed E-state index contributed by atoms with van der Waals surface area (Å²) in [6.07, 6.45) is 0. The molecular formula is C17H15NO4. The van der Waals surface area contributed by atoms with E-state index in [-0.39, 0.29) is 0 Å². The second-order valence-electron chi connectivity index (χ2n) is 4.95. The van der Waals surface area contributed by atoms with Crippen molar-refractivity contribution >= 4 is 17.4 Å². The van der Waals surface area contributed by atoms with E-state index < -0.39 is 11.7 Å². The van der Waals surface area contributed by atoms with Gasteiger partial charge in [0.25, 0.3) is 11.7 Å². The van der Waals surface area contributed by atoms with Crippen molar-refractivity contribution in [1.29, 1.82) is 0 Å². The molecule has 2 aromatic carbocycles. The summed E-state index contributed by atoms with van der Waals surface area (Å²) in [5, 5.41) is 0. The van der Waals surface area contributed by atoms with Crippen LogP contribution in [0.4, 0.5) is 5.69 Å². The number of anilines is 1. The van der Waals surface area contributed by atoms with Crippen LogP contribution in [0.15, 0.2) is 42.5 Å². The van der Waals surface area contributed by atoms with Crippen LogP contribution in [0.1, 0.15) is 15.9 Å². The first kappa shape index (κ1) is 14.1. The Morgan fingerprint density at radius 3 is 2.18 bits per heavy atom. The average molecular weight is 297 g/mol. The van der Waals surface area contributed by atoms with Gasteiger partial charge in [-0.25, -0.2) is 0 Å². The van der Waals surface area contributed by atoms with E-state index >= 15 is 0 Å². The van der Waals surface area contributed by atoms with Gasteiger partial charge in [-0.1, -0.05) is 12.1 Å². The molecule has 0 N–H and O–H groups in total. The van der Waals surface area contributed by atoms with Crippen molar-refractivity contribution in [2.75, 3.05) is 19.1 Å². The summed E-state index contributed by atoms with van der Waals surface area (Å²) in [6, 6.07) is 12.4. The molecule has 0 saturated heterocycles. The van der Waals surface area contributed by atoms with E-state index in [2.05, 4.69) is 0 Å². The second-order valence-corrected chi connectivity index (χ2v) is 4.95. The number of nitrogens with zero attached hydrogens (tertiary/aromatic N) is 1. The Balaban J connectivity index is 1.93. The summed E-state index contributed by atoms with van der Waals surface area (Å²) in [6.45, 7) is 0.328. The largest absolute Gasteiger partial charge is 0.497 e. The Morgan fingerprint density at radius 1 is 0.909 bits per heavy atom. The van der Waals surface area contributed by atoms with Crippen LogP contribution in [-0.4, -0.2) is 25.9 Å². The van der Waals surface area contributed by atoms with Crippen LogP contribution < -0.4 is 14.4 Å². The Labute approximate surface area is 128 Å². The molecule has 22 heavy (non-hydrogen) atoms. The van der Waals surface area contributed by atoms with Crippen molar-refractivity contribution in [2.24, 2.45) is 0 Å². The number of hydrogen-bond acceptors (Lipinski definition) is 4. The molecule has 0 aromatic heterocycles. The molecule has 0 spiro atoms. The number of hydrogen-bond donors (Lipinski definition) is 0. The topological polar surface area (TPSA) is 55.8 Å². The van der Waals surface area contributed by atoms with E-state index in [1.165, 1.54) is 4.90 Å². The normalized spacial score (nSPS) is 13.3. The zero-order chi connectivity index (χ0) is 15.7. The number of carbonyl (C=O) groups is 2. The molecule has 0 fully saturated rings. The number of carbonyl (C=O) groups excluding carboxylic acids is 2. The highest BCUT2D eigenvalue weighted by Gasteiger charge is 2.35. The predicted molar refractivity (Wildman–Crippen MR) is 81.5 cm³/mol. The quantitative estimate of drug-likeness (QED) is 0.813. The minimum atomic E-state index is -0.515. The maximum Gasteiger partial charge on any atom is 0.299 e. The van der Waals surface area contributed by atoms with Gasteiger partial charge in [-0.15, -0.1) is 0 Å². The third-order valence-corrected chi connectivity index (χ3v) is 3.68. The standard InChI is InChI=1S/C17H15NO4/c1-21-12-5-3-11(4-6-12)10-18-15-9-13(22-2)7-8-14(15)16(19)17(18)20/h3-9H,10H2,1-2H3. The van der Waals surface area contributed by atoms with Crippen molar-refractivity contribution in [3.8, 4) is 11.5 Å². The van der Waals surface area contributed by atoms with E-state index in [9.17, 15) is 9.59 Å². The molecule has 1 aliphatic rings. The van der Waals surface area contributed by atoms with Crippen LogP contribution in [0.2, 0.25) is 0 Å². The minimum absolute atomic E-state index is 0.328. The van der Waals surface area contributed by atoms with Crippen LogP contribution in [0.5, 0.6) is 11.5 Å². The van der Waals surface area contributed by atoms with Crippen molar-refractivity contribution in [2.45, 2.75) is 6.54 Å². The number of Topliss-reactive ketones (excluding diaryl/α,β-unsaturated/α-hetero) is 1. The molecule has 5 heteroatoms. The molecule has 1 amide bonds. The number of fused-ring (bicyclic) bond motifs is 1. The fourth-order valence-corrected chi connectivity index (χ4v) is 2.47. The Kier molecular flexibility index (Phi) is 3.55. The SMILES string of the molecule is COc1ccc(CN2C(=O)C(=O)c3ccc(OC)cc32)cc1. The van der Waals surface area contributed by atoms with Crippen LogP contribution >= 0.6 is 0 Å². The Bertz CT molecular complexity index is 737. The molecule has 0 radical (unpaired) electrons. The van der Waals surface area contributed by atoms with Gasteiger partial charge in [-0.2, -0.15) is 0 Å². The summed E-state index contributed by atoms with van der Waals surface area (Å²) in [5.74, 6) is 0.362. The number of ketones is 1. The fraction of sp³-hybridized carbons (Fsp3) is 0.176. The highest BCUT2D eigenvalue weighted by atomic mass is 16.5. The minimum Gasteiger partial charge on any atom is -0.497 e. The molecule has 3 rings (SSSR count). The first-order valence-corrected chi connectivity index (χ1v) is 6.81. The monoisotopic (exact) mass is 297 g/mol. The number of amides is 1. The Morgan fingerprint density at radius 2 is 1.55 bits per heavy atom. The molecule has 5 nitrogen and oxygen atoms in total. The third kappa shape index (κ3) is 2.30. The molecule has 1 aliphatic heterocycles. The van der Waals surface area contributed by atoms with Gasteiger partial charge in [-0.3, -0.25) is 9.59 Å². The smallest absolute Gasteiger partial charge is 0.299 e. The number of rotatable bonds is 4. The van der Waals surface area contributed by atoms with E-state index in [1.807, 2.05) is 24.3 Å². The molecule has 2 aromatic rings. The van der Waals surface area contributed by atoms with Gasteiger partial charge in [0.15, 0.2) is 0 Å². The van der Waals surface area contributed by atoms with Crippen LogP contribution in [0.3, 0.4) is 0 Å². The molecule has 1 heterocycles. The van der Waals surface area contributed by atoms with Gasteiger partial charge in [0, 0.05) is 6.07 Å².